The van der Waals surface area contributed by atoms with Crippen molar-refractivity contribution in [2.45, 2.75) is 0 Å². The zero-order valence-electron chi connectivity index (χ0n) is 13.3. The minimum Gasteiger partial charge on any atom is -0.268 e. The van der Waals surface area contributed by atoms with Crippen molar-refractivity contribution in [1.82, 2.24) is 9.80 Å². The quantitative estimate of drug-likeness (QED) is 0.549. The number of halogens is 4. The summed E-state index contributed by atoms with van der Waals surface area (Å²) < 4.78 is 0. The number of hydrogen-bond acceptors (Lipinski definition) is 5. The Hall–Kier alpha value is -2.45. The Labute approximate surface area is 176 Å². The first-order chi connectivity index (χ1) is 13.1. The van der Waals surface area contributed by atoms with E-state index in [0.717, 1.165) is 24.3 Å². The molecular weight excluding hydrogens is 454 g/mol. The molecule has 6 amide bonds. The van der Waals surface area contributed by atoms with Gasteiger partial charge in [-0.05, 0) is 24.3 Å². The van der Waals surface area contributed by atoms with Gasteiger partial charge in [0.1, 0.15) is 0 Å². The molecule has 0 saturated heterocycles. The van der Waals surface area contributed by atoms with Crippen LogP contribution < -0.4 is 0 Å². The predicted molar refractivity (Wildman–Crippen MR) is 99.3 cm³/mol. The van der Waals surface area contributed by atoms with Gasteiger partial charge in [0.25, 0.3) is 23.6 Å². The molecule has 0 bridgehead atoms. The van der Waals surface area contributed by atoms with E-state index in [-0.39, 0.29) is 52.1 Å². The molecule has 28 heavy (non-hydrogen) atoms. The van der Waals surface area contributed by atoms with E-state index >= 15 is 0 Å². The molecule has 7 nitrogen and oxygen atoms in total. The van der Waals surface area contributed by atoms with Gasteiger partial charge in [0.05, 0.1) is 42.3 Å². The average Bonchev–Trinajstić information content (AvgIpc) is 3.01. The Morgan fingerprint density at radius 1 is 0.536 bits per heavy atom. The van der Waals surface area contributed by atoms with Crippen LogP contribution in [0.5, 0.6) is 0 Å². The van der Waals surface area contributed by atoms with Gasteiger partial charge in [0, 0.05) is 0 Å². The van der Waals surface area contributed by atoms with Crippen molar-refractivity contribution in [3.63, 3.8) is 0 Å². The van der Waals surface area contributed by atoms with Crippen LogP contribution in [0.1, 0.15) is 41.4 Å². The fraction of sp³-hybridized carbons (Fsp3) is 0. The third kappa shape index (κ3) is 2.48. The minimum atomic E-state index is -1.42. The number of urea groups is 1. The fourth-order valence-electron chi connectivity index (χ4n) is 2.92. The molecule has 0 spiro atoms. The third-order valence-corrected chi connectivity index (χ3v) is 5.68. The van der Waals surface area contributed by atoms with E-state index in [0.29, 0.717) is 0 Å². The van der Waals surface area contributed by atoms with Crippen molar-refractivity contribution in [1.29, 1.82) is 0 Å². The molecule has 0 saturated carbocycles. The number of nitrogens with zero attached hydrogens (tertiary/aromatic N) is 2. The molecular formula is C17H4Cl4N2O5. The lowest BCUT2D eigenvalue weighted by molar-refractivity contribution is 0.0604. The summed E-state index contributed by atoms with van der Waals surface area (Å²) in [6, 6.07) is 3.11. The average molecular weight is 458 g/mol. The second-order valence-electron chi connectivity index (χ2n) is 5.80. The standard InChI is InChI=1S/C17H4Cl4N2O5/c18-9-1-5-6(2-10(9)19)14(25)22(13(5)24)17(28)23-15(26)7-3-11(20)12(21)4-8(7)16(23)27/h1-4H. The van der Waals surface area contributed by atoms with Gasteiger partial charge >= 0.3 is 6.03 Å². The number of benzene rings is 2. The van der Waals surface area contributed by atoms with Crippen LogP contribution >= 0.6 is 46.4 Å². The molecule has 2 aromatic carbocycles. The molecule has 2 heterocycles. The first kappa shape index (κ1) is 18.9. The molecule has 0 unspecified atom stereocenters. The molecule has 0 fully saturated rings. The Morgan fingerprint density at radius 2 is 0.750 bits per heavy atom. The highest BCUT2D eigenvalue weighted by Crippen LogP contribution is 2.35. The van der Waals surface area contributed by atoms with Gasteiger partial charge in [-0.15, -0.1) is 0 Å². The first-order valence-electron chi connectivity index (χ1n) is 7.43. The number of fused-ring (bicyclic) bond motifs is 2. The molecule has 2 aliphatic rings. The van der Waals surface area contributed by atoms with Gasteiger partial charge in [-0.2, -0.15) is 9.80 Å². The smallest absolute Gasteiger partial charge is 0.268 e. The van der Waals surface area contributed by atoms with E-state index in [4.69, 9.17) is 46.4 Å². The number of rotatable bonds is 0. The van der Waals surface area contributed by atoms with E-state index < -0.39 is 29.7 Å². The lowest BCUT2D eigenvalue weighted by atomic mass is 10.1. The van der Waals surface area contributed by atoms with Crippen LogP contribution in [0.25, 0.3) is 0 Å². The molecule has 140 valence electrons. The lowest BCUT2D eigenvalue weighted by Gasteiger charge is -2.18. The van der Waals surface area contributed by atoms with Gasteiger partial charge in [-0.1, -0.05) is 46.4 Å². The zero-order valence-corrected chi connectivity index (χ0v) is 16.3. The number of carbonyl (C=O) groups is 5. The number of imide groups is 6. The van der Waals surface area contributed by atoms with Gasteiger partial charge < -0.3 is 0 Å². The molecule has 0 aromatic heterocycles. The molecule has 0 atom stereocenters. The summed E-state index contributed by atoms with van der Waals surface area (Å²) in [5, 5.41) is 0.00326. The molecule has 4 rings (SSSR count). The van der Waals surface area contributed by atoms with Crippen molar-refractivity contribution >= 4 is 76.1 Å². The zero-order chi connectivity index (χ0) is 20.5. The summed E-state index contributed by atoms with van der Waals surface area (Å²) >= 11 is 23.4. The highest BCUT2D eigenvalue weighted by atomic mass is 35.5. The largest absolute Gasteiger partial charge is 0.348 e. The molecule has 0 N–H and O–H groups in total. The summed E-state index contributed by atoms with van der Waals surface area (Å²) in [6.07, 6.45) is 0. The molecule has 2 aliphatic heterocycles. The van der Waals surface area contributed by atoms with Gasteiger partial charge in [0.2, 0.25) is 0 Å². The van der Waals surface area contributed by atoms with E-state index in [2.05, 4.69) is 0 Å². The van der Waals surface area contributed by atoms with Gasteiger partial charge in [-0.25, -0.2) is 4.79 Å². The van der Waals surface area contributed by atoms with Gasteiger partial charge in [-0.3, -0.25) is 19.2 Å². The monoisotopic (exact) mass is 456 g/mol. The highest BCUT2D eigenvalue weighted by Gasteiger charge is 2.49. The van der Waals surface area contributed by atoms with E-state index in [9.17, 15) is 24.0 Å². The second kappa shape index (κ2) is 6.28. The van der Waals surface area contributed by atoms with Crippen LogP contribution in [-0.2, 0) is 0 Å². The van der Waals surface area contributed by atoms with Crippen LogP contribution in [0.2, 0.25) is 20.1 Å². The fourth-order valence-corrected chi connectivity index (χ4v) is 3.57. The van der Waals surface area contributed by atoms with Crippen LogP contribution in [0, 0.1) is 0 Å². The van der Waals surface area contributed by atoms with Crippen LogP contribution in [-0.4, -0.2) is 39.5 Å². The number of carbonyl (C=O) groups excluding carboxylic acids is 5. The molecule has 0 aliphatic carbocycles. The summed E-state index contributed by atoms with van der Waals surface area (Å²) in [5.74, 6) is -4.13. The van der Waals surface area contributed by atoms with Crippen molar-refractivity contribution in [3.05, 3.63) is 66.6 Å². The SMILES string of the molecule is O=C1c2cc(Cl)c(Cl)cc2C(=O)N1C(=O)N1C(=O)c2cc(Cl)c(Cl)cc2C1=O. The van der Waals surface area contributed by atoms with Crippen LogP contribution in [0.3, 0.4) is 0 Å². The van der Waals surface area contributed by atoms with E-state index in [1.807, 2.05) is 0 Å². The topological polar surface area (TPSA) is 91.8 Å². The maximum atomic E-state index is 12.8. The maximum absolute atomic E-state index is 12.8. The molecule has 0 radical (unpaired) electrons. The van der Waals surface area contributed by atoms with Gasteiger partial charge in [0.15, 0.2) is 0 Å². The minimum absolute atomic E-state index is 0.000815. The Bertz CT molecular complexity index is 1010. The van der Waals surface area contributed by atoms with Crippen LogP contribution in [0.15, 0.2) is 24.3 Å². The number of hydrogen-bond donors (Lipinski definition) is 0. The van der Waals surface area contributed by atoms with E-state index in [1.54, 1.807) is 0 Å². The molecule has 11 heteroatoms. The second-order valence-corrected chi connectivity index (χ2v) is 7.43. The first-order valence-corrected chi connectivity index (χ1v) is 8.94. The Balaban J connectivity index is 1.75. The Kier molecular flexibility index (Phi) is 4.24. The third-order valence-electron chi connectivity index (χ3n) is 4.24. The molecule has 2 aromatic rings. The maximum Gasteiger partial charge on any atom is 0.348 e. The van der Waals surface area contributed by atoms with Crippen LogP contribution in [0.4, 0.5) is 4.79 Å². The predicted octanol–water partition coefficient (Wildman–Crippen LogP) is 4.31. The van der Waals surface area contributed by atoms with Crippen molar-refractivity contribution in [2.24, 2.45) is 0 Å². The lowest BCUT2D eigenvalue weighted by Crippen LogP contribution is -2.48. The summed E-state index contributed by atoms with van der Waals surface area (Å²) in [5.41, 5.74) is -0.684. The normalized spacial score (nSPS) is 15.4. The summed E-state index contributed by atoms with van der Waals surface area (Å²) in [7, 11) is 0. The Morgan fingerprint density at radius 3 is 0.964 bits per heavy atom. The number of amides is 6. The van der Waals surface area contributed by atoms with E-state index in [1.165, 1.54) is 0 Å². The van der Waals surface area contributed by atoms with Crippen molar-refractivity contribution < 1.29 is 24.0 Å². The van der Waals surface area contributed by atoms with Crippen molar-refractivity contribution in [2.75, 3.05) is 0 Å². The summed E-state index contributed by atoms with van der Waals surface area (Å²) in [6.45, 7) is 0. The highest BCUT2D eigenvalue weighted by molar-refractivity contribution is 6.45. The van der Waals surface area contributed by atoms with Crippen molar-refractivity contribution in [3.8, 4) is 0 Å². The summed E-state index contributed by atoms with van der Waals surface area (Å²) in [4.78, 5) is 63.4.